The first-order valence-electron chi connectivity index (χ1n) is 10.4. The van der Waals surface area contributed by atoms with Gasteiger partial charge < -0.3 is 21.1 Å². The molecule has 2 aromatic carbocycles. The quantitative estimate of drug-likeness (QED) is 0.294. The SMILES string of the molecule is CC(C)[C@H](NC(=O)c1nc(-c2ccc(NC(=O)Nc3ccc(C(F)(F)F)cc3Cl)cc2)cs1)C(=O)O. The Hall–Kier alpha value is -3.64. The lowest BCUT2D eigenvalue weighted by Gasteiger charge is -2.16. The lowest BCUT2D eigenvalue weighted by atomic mass is 10.1. The molecule has 8 nitrogen and oxygen atoms in total. The van der Waals surface area contributed by atoms with Crippen LogP contribution in [-0.2, 0) is 11.0 Å². The van der Waals surface area contributed by atoms with E-state index in [0.29, 0.717) is 16.9 Å². The van der Waals surface area contributed by atoms with Crippen molar-refractivity contribution in [3.05, 3.63) is 63.4 Å². The van der Waals surface area contributed by atoms with Gasteiger partial charge in [0.05, 0.1) is 22.0 Å². The zero-order valence-electron chi connectivity index (χ0n) is 18.8. The maximum absolute atomic E-state index is 12.8. The first kappa shape index (κ1) is 27.0. The number of hydrogen-bond donors (Lipinski definition) is 4. The summed E-state index contributed by atoms with van der Waals surface area (Å²) in [6.45, 7) is 3.36. The van der Waals surface area contributed by atoms with Gasteiger partial charge >= 0.3 is 18.2 Å². The number of hydrogen-bond acceptors (Lipinski definition) is 5. The van der Waals surface area contributed by atoms with Gasteiger partial charge in [-0.3, -0.25) is 4.79 Å². The fourth-order valence-electron chi connectivity index (χ4n) is 3.03. The zero-order chi connectivity index (χ0) is 26.6. The van der Waals surface area contributed by atoms with Crippen molar-refractivity contribution in [1.29, 1.82) is 0 Å². The molecular formula is C23H20ClF3N4O4S. The van der Waals surface area contributed by atoms with E-state index in [-0.39, 0.29) is 21.6 Å². The average molecular weight is 541 g/mol. The molecule has 0 aliphatic rings. The number of aliphatic carboxylic acids is 1. The van der Waals surface area contributed by atoms with Crippen molar-refractivity contribution < 1.29 is 32.7 Å². The van der Waals surface area contributed by atoms with E-state index < -0.39 is 35.7 Å². The summed E-state index contributed by atoms with van der Waals surface area (Å²) in [5, 5.41) is 18.1. The van der Waals surface area contributed by atoms with Gasteiger partial charge in [0.2, 0.25) is 0 Å². The van der Waals surface area contributed by atoms with E-state index in [4.69, 9.17) is 11.6 Å². The summed E-state index contributed by atoms with van der Waals surface area (Å²) in [5.74, 6) is -2.04. The number of benzene rings is 2. The van der Waals surface area contributed by atoms with Crippen LogP contribution in [0.5, 0.6) is 0 Å². The van der Waals surface area contributed by atoms with Gasteiger partial charge in [0.15, 0.2) is 5.01 Å². The number of amides is 3. The van der Waals surface area contributed by atoms with Crippen molar-refractivity contribution in [2.24, 2.45) is 5.92 Å². The Kier molecular flexibility index (Phi) is 8.21. The van der Waals surface area contributed by atoms with Gasteiger partial charge in [-0.25, -0.2) is 14.6 Å². The predicted molar refractivity (Wildman–Crippen MR) is 130 cm³/mol. The van der Waals surface area contributed by atoms with Gasteiger partial charge in [0.1, 0.15) is 6.04 Å². The van der Waals surface area contributed by atoms with E-state index in [9.17, 15) is 32.7 Å². The third kappa shape index (κ3) is 6.73. The normalized spacial score (nSPS) is 12.2. The van der Waals surface area contributed by atoms with Crippen LogP contribution in [0.3, 0.4) is 0 Å². The van der Waals surface area contributed by atoms with Gasteiger partial charge in [0, 0.05) is 16.6 Å². The van der Waals surface area contributed by atoms with Gasteiger partial charge in [-0.1, -0.05) is 37.6 Å². The average Bonchev–Trinajstić information content (AvgIpc) is 3.28. The molecule has 0 aliphatic carbocycles. The summed E-state index contributed by atoms with van der Waals surface area (Å²) in [6.07, 6.45) is -4.55. The van der Waals surface area contributed by atoms with Crippen LogP contribution in [0.25, 0.3) is 11.3 Å². The van der Waals surface area contributed by atoms with Crippen molar-refractivity contribution in [2.75, 3.05) is 10.6 Å². The highest BCUT2D eigenvalue weighted by molar-refractivity contribution is 7.12. The highest BCUT2D eigenvalue weighted by atomic mass is 35.5. The Morgan fingerprint density at radius 2 is 1.72 bits per heavy atom. The second-order valence-corrected chi connectivity index (χ2v) is 9.19. The topological polar surface area (TPSA) is 120 Å². The van der Waals surface area contributed by atoms with Gasteiger partial charge in [-0.05, 0) is 36.2 Å². The maximum Gasteiger partial charge on any atom is 0.416 e. The molecule has 0 saturated carbocycles. The molecule has 13 heteroatoms. The Labute approximate surface area is 212 Å². The molecule has 36 heavy (non-hydrogen) atoms. The van der Waals surface area contributed by atoms with Gasteiger partial charge in [-0.15, -0.1) is 11.3 Å². The fraction of sp³-hybridized carbons (Fsp3) is 0.217. The van der Waals surface area contributed by atoms with Gasteiger partial charge in [-0.2, -0.15) is 13.2 Å². The third-order valence-electron chi connectivity index (χ3n) is 4.90. The Balaban J connectivity index is 1.63. The van der Waals surface area contributed by atoms with Crippen molar-refractivity contribution in [1.82, 2.24) is 10.3 Å². The van der Waals surface area contributed by atoms with E-state index in [1.165, 1.54) is 0 Å². The number of carbonyl (C=O) groups is 3. The molecule has 4 N–H and O–H groups in total. The minimum Gasteiger partial charge on any atom is -0.480 e. The maximum atomic E-state index is 12.8. The molecule has 1 heterocycles. The molecule has 3 aromatic rings. The molecule has 0 unspecified atom stereocenters. The summed E-state index contributed by atoms with van der Waals surface area (Å²) in [4.78, 5) is 40.2. The van der Waals surface area contributed by atoms with E-state index in [2.05, 4.69) is 20.9 Å². The minimum absolute atomic E-state index is 0.00895. The fourth-order valence-corrected chi connectivity index (χ4v) is 3.99. The van der Waals surface area contributed by atoms with Crippen molar-refractivity contribution in [3.8, 4) is 11.3 Å². The van der Waals surface area contributed by atoms with E-state index in [0.717, 1.165) is 29.5 Å². The Morgan fingerprint density at radius 1 is 1.06 bits per heavy atom. The van der Waals surface area contributed by atoms with Crippen LogP contribution in [-0.4, -0.2) is 34.0 Å². The molecule has 0 radical (unpaired) electrons. The summed E-state index contributed by atoms with van der Waals surface area (Å²) in [5.41, 5.74) is 0.580. The largest absolute Gasteiger partial charge is 0.480 e. The number of alkyl halides is 3. The molecule has 1 atom stereocenters. The van der Waals surface area contributed by atoms with Crippen molar-refractivity contribution in [3.63, 3.8) is 0 Å². The first-order chi connectivity index (χ1) is 16.8. The summed E-state index contributed by atoms with van der Waals surface area (Å²) in [7, 11) is 0. The summed E-state index contributed by atoms with van der Waals surface area (Å²) in [6, 6.07) is 7.26. The number of carbonyl (C=O) groups excluding carboxylic acids is 2. The second-order valence-electron chi connectivity index (χ2n) is 7.92. The predicted octanol–water partition coefficient (Wildman–Crippen LogP) is 5.97. The van der Waals surface area contributed by atoms with E-state index >= 15 is 0 Å². The Bertz CT molecular complexity index is 1280. The van der Waals surface area contributed by atoms with Crippen LogP contribution in [0.1, 0.15) is 29.2 Å². The van der Waals surface area contributed by atoms with Gasteiger partial charge in [0.25, 0.3) is 5.91 Å². The number of carboxylic acids is 1. The molecule has 0 bridgehead atoms. The van der Waals surface area contributed by atoms with Crippen LogP contribution >= 0.6 is 22.9 Å². The van der Waals surface area contributed by atoms with Crippen LogP contribution in [0.15, 0.2) is 47.8 Å². The molecule has 0 aliphatic heterocycles. The summed E-state index contributed by atoms with van der Waals surface area (Å²) < 4.78 is 38.3. The van der Waals surface area contributed by atoms with Crippen LogP contribution in [0, 0.1) is 5.92 Å². The standard InChI is InChI=1S/C23H20ClF3N4O4S/c1-11(2)18(21(33)34)31-19(32)20-29-17(10-36-20)12-3-6-14(7-4-12)28-22(35)30-16-8-5-13(9-15(16)24)23(25,26)27/h3-11,18H,1-2H3,(H,31,32)(H,33,34)(H2,28,30,35)/t18-/m0/s1. The number of rotatable bonds is 7. The number of halogens is 4. The number of aromatic nitrogens is 1. The number of thiazole rings is 1. The number of urea groups is 1. The molecule has 3 amide bonds. The van der Waals surface area contributed by atoms with Crippen LogP contribution in [0.2, 0.25) is 5.02 Å². The van der Waals surface area contributed by atoms with Crippen LogP contribution in [0.4, 0.5) is 29.3 Å². The Morgan fingerprint density at radius 3 is 2.28 bits per heavy atom. The third-order valence-corrected chi connectivity index (χ3v) is 6.05. The van der Waals surface area contributed by atoms with Crippen molar-refractivity contribution in [2.45, 2.75) is 26.1 Å². The molecule has 1 aromatic heterocycles. The van der Waals surface area contributed by atoms with Crippen LogP contribution < -0.4 is 16.0 Å². The lowest BCUT2D eigenvalue weighted by Crippen LogP contribution is -2.44. The molecular weight excluding hydrogens is 521 g/mol. The number of nitrogens with zero attached hydrogens (tertiary/aromatic N) is 1. The van der Waals surface area contributed by atoms with Crippen molar-refractivity contribution >= 4 is 52.2 Å². The molecule has 0 saturated heterocycles. The number of carboxylic acid groups (broad SMARTS) is 1. The zero-order valence-corrected chi connectivity index (χ0v) is 20.4. The second kappa shape index (κ2) is 11.0. The highest BCUT2D eigenvalue weighted by Crippen LogP contribution is 2.34. The first-order valence-corrected chi connectivity index (χ1v) is 11.7. The summed E-state index contributed by atoms with van der Waals surface area (Å²) >= 11 is 6.91. The monoisotopic (exact) mass is 540 g/mol. The van der Waals surface area contributed by atoms with E-state index in [1.54, 1.807) is 43.5 Å². The smallest absolute Gasteiger partial charge is 0.416 e. The highest BCUT2D eigenvalue weighted by Gasteiger charge is 2.31. The minimum atomic E-state index is -4.55. The van der Waals surface area contributed by atoms with E-state index in [1.807, 2.05) is 0 Å². The molecule has 0 spiro atoms. The molecule has 190 valence electrons. The lowest BCUT2D eigenvalue weighted by molar-refractivity contribution is -0.140. The molecule has 0 fully saturated rings. The number of nitrogens with one attached hydrogen (secondary N) is 3. The number of anilines is 2. The molecule has 3 rings (SSSR count).